The van der Waals surface area contributed by atoms with Gasteiger partial charge in [-0.05, 0) is 43.5 Å². The van der Waals surface area contributed by atoms with Gasteiger partial charge in [0.2, 0.25) is 11.8 Å². The van der Waals surface area contributed by atoms with Crippen molar-refractivity contribution in [2.45, 2.75) is 33.1 Å². The maximum Gasteiger partial charge on any atom is 0.240 e. The molecule has 0 heterocycles. The van der Waals surface area contributed by atoms with Gasteiger partial charge in [0.05, 0.1) is 19.2 Å². The molecule has 6 nitrogen and oxygen atoms in total. The van der Waals surface area contributed by atoms with Crippen LogP contribution in [0.5, 0.6) is 5.75 Å². The van der Waals surface area contributed by atoms with Gasteiger partial charge >= 0.3 is 0 Å². The van der Waals surface area contributed by atoms with E-state index in [1.807, 2.05) is 49.4 Å². The Morgan fingerprint density at radius 1 is 1.07 bits per heavy atom. The first-order chi connectivity index (χ1) is 13.0. The summed E-state index contributed by atoms with van der Waals surface area (Å²) in [4.78, 5) is 24.1. The summed E-state index contributed by atoms with van der Waals surface area (Å²) in [5.74, 6) is 0.190. The third-order valence-corrected chi connectivity index (χ3v) is 3.90. The Labute approximate surface area is 159 Å². The molecule has 2 aromatic carbocycles. The highest BCUT2D eigenvalue weighted by molar-refractivity contribution is 6.06. The summed E-state index contributed by atoms with van der Waals surface area (Å²) in [7, 11) is 1.55. The van der Waals surface area contributed by atoms with E-state index < -0.39 is 0 Å². The van der Waals surface area contributed by atoms with E-state index in [2.05, 4.69) is 15.8 Å². The third-order valence-electron chi connectivity index (χ3n) is 3.90. The Balaban J connectivity index is 1.81. The number of hydrogen-bond acceptors (Lipinski definition) is 4. The van der Waals surface area contributed by atoms with Crippen LogP contribution in [0.3, 0.4) is 0 Å². The number of carbonyl (C=O) groups is 2. The number of benzene rings is 2. The predicted molar refractivity (Wildman–Crippen MR) is 107 cm³/mol. The normalized spacial score (nSPS) is 11.0. The molecule has 6 heteroatoms. The highest BCUT2D eigenvalue weighted by Crippen LogP contribution is 2.25. The minimum Gasteiger partial charge on any atom is -0.495 e. The lowest BCUT2D eigenvalue weighted by Crippen LogP contribution is -2.21. The number of nitrogens with one attached hydrogen (secondary N) is 2. The second kappa shape index (κ2) is 10.1. The van der Waals surface area contributed by atoms with Crippen molar-refractivity contribution < 1.29 is 14.3 Å². The summed E-state index contributed by atoms with van der Waals surface area (Å²) in [5.41, 5.74) is 5.74. The maximum atomic E-state index is 12.2. The summed E-state index contributed by atoms with van der Waals surface area (Å²) < 4.78 is 5.25. The molecular weight excluding hydrogens is 342 g/mol. The van der Waals surface area contributed by atoms with E-state index in [9.17, 15) is 9.59 Å². The summed E-state index contributed by atoms with van der Waals surface area (Å²) in [6, 6.07) is 15.3. The number of nitrogens with zero attached hydrogens (tertiary/aromatic N) is 1. The second-order valence-electron chi connectivity index (χ2n) is 6.30. The van der Waals surface area contributed by atoms with Gasteiger partial charge in [0.25, 0.3) is 0 Å². The third kappa shape index (κ3) is 6.93. The number of aryl methyl sites for hydroxylation is 2. The van der Waals surface area contributed by atoms with Gasteiger partial charge in [0, 0.05) is 12.1 Å². The average molecular weight is 367 g/mol. The number of carbonyl (C=O) groups excluding carboxylic acids is 2. The number of hydrazone groups is 1. The molecule has 0 spiro atoms. The highest BCUT2D eigenvalue weighted by atomic mass is 16.5. The quantitative estimate of drug-likeness (QED) is 0.554. The molecular formula is C21H25N3O3. The molecule has 142 valence electrons. The first-order valence-corrected chi connectivity index (χ1v) is 8.78. The van der Waals surface area contributed by atoms with E-state index >= 15 is 0 Å². The van der Waals surface area contributed by atoms with Gasteiger partial charge < -0.3 is 10.1 Å². The zero-order valence-electron chi connectivity index (χ0n) is 15.9. The lowest BCUT2D eigenvalue weighted by Gasteiger charge is -2.11. The zero-order valence-corrected chi connectivity index (χ0v) is 15.9. The van der Waals surface area contributed by atoms with Crippen LogP contribution in [0.15, 0.2) is 53.6 Å². The standard InChI is InChI=1S/C21H25N3O3/c1-15-9-11-19(27-3)18(13-15)22-21(26)14-16(2)23-24-20(25)12-10-17-7-5-4-6-8-17/h4-9,11,13H,10,12,14H2,1-3H3,(H,22,26)(H,24,25)/b23-16+. The first kappa shape index (κ1) is 20.2. The number of ether oxygens (including phenoxy) is 1. The lowest BCUT2D eigenvalue weighted by atomic mass is 10.1. The van der Waals surface area contributed by atoms with Crippen LogP contribution in [-0.4, -0.2) is 24.6 Å². The molecule has 2 aromatic rings. The topological polar surface area (TPSA) is 79.8 Å². The Hall–Kier alpha value is -3.15. The van der Waals surface area contributed by atoms with Crippen LogP contribution in [0.1, 0.15) is 30.9 Å². The lowest BCUT2D eigenvalue weighted by molar-refractivity contribution is -0.121. The smallest absolute Gasteiger partial charge is 0.240 e. The van der Waals surface area contributed by atoms with Gasteiger partial charge in [-0.15, -0.1) is 0 Å². The van der Waals surface area contributed by atoms with Crippen molar-refractivity contribution >= 4 is 23.2 Å². The van der Waals surface area contributed by atoms with E-state index in [1.54, 1.807) is 20.1 Å². The van der Waals surface area contributed by atoms with Crippen molar-refractivity contribution in [1.29, 1.82) is 0 Å². The van der Waals surface area contributed by atoms with Crippen molar-refractivity contribution in [3.63, 3.8) is 0 Å². The average Bonchev–Trinajstić information content (AvgIpc) is 2.65. The van der Waals surface area contributed by atoms with Crippen LogP contribution in [-0.2, 0) is 16.0 Å². The van der Waals surface area contributed by atoms with E-state index in [-0.39, 0.29) is 18.2 Å². The van der Waals surface area contributed by atoms with Crippen LogP contribution in [0, 0.1) is 6.92 Å². The Bertz CT molecular complexity index is 817. The minimum atomic E-state index is -0.223. The molecule has 0 aliphatic rings. The van der Waals surface area contributed by atoms with Crippen LogP contribution < -0.4 is 15.5 Å². The number of methoxy groups -OCH3 is 1. The largest absolute Gasteiger partial charge is 0.495 e. The van der Waals surface area contributed by atoms with Gasteiger partial charge in [-0.1, -0.05) is 36.4 Å². The maximum absolute atomic E-state index is 12.2. The van der Waals surface area contributed by atoms with Crippen molar-refractivity contribution in [3.05, 3.63) is 59.7 Å². The van der Waals surface area contributed by atoms with Crippen molar-refractivity contribution in [2.75, 3.05) is 12.4 Å². The van der Waals surface area contributed by atoms with Gasteiger partial charge in [-0.25, -0.2) is 5.43 Å². The molecule has 0 unspecified atom stereocenters. The number of rotatable bonds is 8. The van der Waals surface area contributed by atoms with E-state index in [0.29, 0.717) is 30.0 Å². The van der Waals surface area contributed by atoms with E-state index in [4.69, 9.17) is 4.74 Å². The molecule has 0 atom stereocenters. The number of amides is 2. The second-order valence-corrected chi connectivity index (χ2v) is 6.30. The van der Waals surface area contributed by atoms with E-state index in [0.717, 1.165) is 11.1 Å². The monoisotopic (exact) mass is 367 g/mol. The Morgan fingerprint density at radius 3 is 2.52 bits per heavy atom. The molecule has 0 radical (unpaired) electrons. The summed E-state index contributed by atoms with van der Waals surface area (Å²) in [6.07, 6.45) is 1.07. The van der Waals surface area contributed by atoms with Crippen molar-refractivity contribution in [3.8, 4) is 5.75 Å². The van der Waals surface area contributed by atoms with Gasteiger partial charge in [-0.2, -0.15) is 5.10 Å². The number of anilines is 1. The Morgan fingerprint density at radius 2 is 1.81 bits per heavy atom. The predicted octanol–water partition coefficient (Wildman–Crippen LogP) is 3.46. The van der Waals surface area contributed by atoms with Crippen LogP contribution in [0.2, 0.25) is 0 Å². The van der Waals surface area contributed by atoms with Crippen LogP contribution >= 0.6 is 0 Å². The van der Waals surface area contributed by atoms with Crippen molar-refractivity contribution in [2.24, 2.45) is 5.10 Å². The zero-order chi connectivity index (χ0) is 19.6. The van der Waals surface area contributed by atoms with Crippen molar-refractivity contribution in [1.82, 2.24) is 5.43 Å². The summed E-state index contributed by atoms with van der Waals surface area (Å²) in [6.45, 7) is 3.64. The van der Waals surface area contributed by atoms with E-state index in [1.165, 1.54) is 0 Å². The molecule has 27 heavy (non-hydrogen) atoms. The molecule has 2 rings (SSSR count). The fourth-order valence-corrected chi connectivity index (χ4v) is 2.50. The SMILES string of the molecule is COc1ccc(C)cc1NC(=O)C/C(C)=N/NC(=O)CCc1ccccc1. The first-order valence-electron chi connectivity index (χ1n) is 8.78. The molecule has 0 saturated heterocycles. The molecule has 2 amide bonds. The minimum absolute atomic E-state index is 0.0794. The van der Waals surface area contributed by atoms with Crippen LogP contribution in [0.25, 0.3) is 0 Å². The molecule has 0 aliphatic carbocycles. The fraction of sp³-hybridized carbons (Fsp3) is 0.286. The Kier molecular flexibility index (Phi) is 7.55. The van der Waals surface area contributed by atoms with Gasteiger partial charge in [-0.3, -0.25) is 9.59 Å². The molecule has 0 saturated carbocycles. The van der Waals surface area contributed by atoms with Gasteiger partial charge in [0.15, 0.2) is 0 Å². The molecule has 2 N–H and O–H groups in total. The molecule has 0 aromatic heterocycles. The van der Waals surface area contributed by atoms with Crippen LogP contribution in [0.4, 0.5) is 5.69 Å². The summed E-state index contributed by atoms with van der Waals surface area (Å²) >= 11 is 0. The fourth-order valence-electron chi connectivity index (χ4n) is 2.50. The van der Waals surface area contributed by atoms with Gasteiger partial charge in [0.1, 0.15) is 5.75 Å². The number of hydrogen-bond donors (Lipinski definition) is 2. The highest BCUT2D eigenvalue weighted by Gasteiger charge is 2.09. The molecule has 0 bridgehead atoms. The molecule has 0 fully saturated rings. The molecule has 0 aliphatic heterocycles. The summed E-state index contributed by atoms with van der Waals surface area (Å²) in [5, 5.41) is 6.81.